The summed E-state index contributed by atoms with van der Waals surface area (Å²) in [5, 5.41) is 96.3. The Kier molecular flexibility index (Phi) is 11.5. The van der Waals surface area contributed by atoms with E-state index in [0.29, 0.717) is 0 Å². The van der Waals surface area contributed by atoms with E-state index in [0.717, 1.165) is 13.8 Å². The Morgan fingerprint density at radius 1 is 0.650 bits per heavy atom. The highest BCUT2D eigenvalue weighted by Crippen LogP contribution is 2.30. The fourth-order valence-corrected chi connectivity index (χ4v) is 4.76. The van der Waals surface area contributed by atoms with Gasteiger partial charge in [-0.15, -0.1) is 0 Å². The van der Waals surface area contributed by atoms with Crippen LogP contribution < -0.4 is 10.6 Å². The van der Waals surface area contributed by atoms with Gasteiger partial charge in [0, 0.05) is 13.8 Å². The van der Waals surface area contributed by atoms with E-state index in [-0.39, 0.29) is 0 Å². The smallest absolute Gasteiger partial charge is 0.217 e. The lowest BCUT2D eigenvalue weighted by Crippen LogP contribution is -2.68. The average molecular weight is 587 g/mol. The van der Waals surface area contributed by atoms with Crippen molar-refractivity contribution in [3.63, 3.8) is 0 Å². The number of rotatable bonds is 9. The molecule has 3 rings (SSSR count). The molecule has 18 heteroatoms. The topological polar surface area (TPSA) is 286 Å². The summed E-state index contributed by atoms with van der Waals surface area (Å²) in [5.41, 5.74) is 0. The molecule has 3 saturated heterocycles. The van der Waals surface area contributed by atoms with Crippen LogP contribution in [-0.2, 0) is 33.3 Å². The third kappa shape index (κ3) is 7.23. The second-order valence-corrected chi connectivity index (χ2v) is 9.85. The molecule has 3 aliphatic heterocycles. The van der Waals surface area contributed by atoms with Gasteiger partial charge in [-0.05, 0) is 0 Å². The second-order valence-electron chi connectivity index (χ2n) is 9.85. The van der Waals surface area contributed by atoms with Crippen LogP contribution in [0.3, 0.4) is 0 Å². The molecule has 0 bridgehead atoms. The lowest BCUT2D eigenvalue weighted by Gasteiger charge is -2.47. The zero-order valence-corrected chi connectivity index (χ0v) is 21.7. The summed E-state index contributed by atoms with van der Waals surface area (Å²) in [4.78, 5) is 23.4. The second kappa shape index (κ2) is 14.0. The monoisotopic (exact) mass is 586 g/mol. The van der Waals surface area contributed by atoms with Crippen LogP contribution in [0.15, 0.2) is 0 Å². The van der Waals surface area contributed by atoms with Crippen LogP contribution in [0.1, 0.15) is 13.8 Å². The quantitative estimate of drug-likeness (QED) is 0.120. The van der Waals surface area contributed by atoms with Crippen molar-refractivity contribution in [1.82, 2.24) is 10.6 Å². The van der Waals surface area contributed by atoms with E-state index < -0.39 is 124 Å². The summed E-state index contributed by atoms with van der Waals surface area (Å²) < 4.78 is 27.4. The molecule has 40 heavy (non-hydrogen) atoms. The van der Waals surface area contributed by atoms with Gasteiger partial charge in [0.2, 0.25) is 11.8 Å². The maximum Gasteiger partial charge on any atom is 0.217 e. The molecule has 3 heterocycles. The SMILES string of the molecule is CC(=O)N[C@@H]1[C@@H](O[C@H]2O[C@@H](CO)[C@H](O)[C@@H](O)[C@@H]2O)[C@H](O)[C@H](CO[C@H]2O[C@H](CO)[C@H](O)[C@H](O)[C@H]2NC(C)=O)O[C@@H]1O. The third-order valence-electron chi connectivity index (χ3n) is 6.88. The summed E-state index contributed by atoms with van der Waals surface area (Å²) in [5.74, 6) is -1.26. The Hall–Kier alpha value is -1.62. The molecule has 2 amide bonds. The van der Waals surface area contributed by atoms with Crippen LogP contribution in [0.2, 0.25) is 0 Å². The highest BCUT2D eigenvalue weighted by atomic mass is 16.7. The highest BCUT2D eigenvalue weighted by molar-refractivity contribution is 5.73. The first-order valence-electron chi connectivity index (χ1n) is 12.6. The lowest BCUT2D eigenvalue weighted by molar-refractivity contribution is -0.345. The van der Waals surface area contributed by atoms with E-state index in [1.165, 1.54) is 0 Å². The molecule has 0 spiro atoms. The van der Waals surface area contributed by atoms with Crippen molar-refractivity contribution in [3.05, 3.63) is 0 Å². The van der Waals surface area contributed by atoms with Crippen LogP contribution in [0.25, 0.3) is 0 Å². The van der Waals surface area contributed by atoms with Gasteiger partial charge in [0.05, 0.1) is 19.8 Å². The number of carbonyl (C=O) groups is 2. The Balaban J connectivity index is 1.78. The number of ether oxygens (including phenoxy) is 5. The van der Waals surface area contributed by atoms with Gasteiger partial charge in [-0.1, -0.05) is 0 Å². The van der Waals surface area contributed by atoms with Gasteiger partial charge in [0.25, 0.3) is 0 Å². The zero-order chi connectivity index (χ0) is 29.9. The summed E-state index contributed by atoms with van der Waals surface area (Å²) in [6, 6.07) is -2.75. The summed E-state index contributed by atoms with van der Waals surface area (Å²) >= 11 is 0. The molecule has 18 nitrogen and oxygen atoms in total. The largest absolute Gasteiger partial charge is 0.394 e. The number of hydrogen-bond acceptors (Lipinski definition) is 16. The molecule has 3 aliphatic rings. The average Bonchev–Trinajstić information content (AvgIpc) is 2.90. The van der Waals surface area contributed by atoms with Crippen LogP contribution in [0.4, 0.5) is 0 Å². The van der Waals surface area contributed by atoms with Crippen LogP contribution in [0, 0.1) is 0 Å². The first-order chi connectivity index (χ1) is 18.8. The third-order valence-corrected chi connectivity index (χ3v) is 6.88. The number of amides is 2. The molecule has 3 fully saturated rings. The number of aliphatic hydroxyl groups excluding tert-OH is 9. The van der Waals surface area contributed by atoms with Crippen molar-refractivity contribution >= 4 is 11.8 Å². The van der Waals surface area contributed by atoms with Gasteiger partial charge in [0.1, 0.15) is 73.1 Å². The molecule has 0 aromatic heterocycles. The van der Waals surface area contributed by atoms with Crippen molar-refractivity contribution in [1.29, 1.82) is 0 Å². The predicted molar refractivity (Wildman–Crippen MR) is 124 cm³/mol. The van der Waals surface area contributed by atoms with Gasteiger partial charge < -0.3 is 80.3 Å². The normalized spacial score (nSPS) is 46.0. The van der Waals surface area contributed by atoms with E-state index >= 15 is 0 Å². The molecule has 15 atom stereocenters. The number of aliphatic hydroxyl groups is 9. The van der Waals surface area contributed by atoms with Gasteiger partial charge in [0.15, 0.2) is 18.9 Å². The van der Waals surface area contributed by atoms with Crippen LogP contribution in [0.5, 0.6) is 0 Å². The molecule has 0 radical (unpaired) electrons. The molecule has 0 aliphatic carbocycles. The van der Waals surface area contributed by atoms with E-state index in [1.807, 2.05) is 0 Å². The molecule has 0 saturated carbocycles. The van der Waals surface area contributed by atoms with E-state index in [2.05, 4.69) is 10.6 Å². The van der Waals surface area contributed by atoms with E-state index in [4.69, 9.17) is 23.7 Å². The lowest BCUT2D eigenvalue weighted by atomic mass is 9.95. The van der Waals surface area contributed by atoms with Crippen molar-refractivity contribution in [2.75, 3.05) is 19.8 Å². The minimum absolute atomic E-state index is 0.596. The summed E-state index contributed by atoms with van der Waals surface area (Å²) in [7, 11) is 0. The van der Waals surface area contributed by atoms with Crippen LogP contribution >= 0.6 is 0 Å². The Morgan fingerprint density at radius 2 is 1.18 bits per heavy atom. The zero-order valence-electron chi connectivity index (χ0n) is 21.7. The molecule has 232 valence electrons. The number of nitrogens with one attached hydrogen (secondary N) is 2. The maximum atomic E-state index is 11.8. The minimum Gasteiger partial charge on any atom is -0.394 e. The molecule has 0 unspecified atom stereocenters. The Bertz CT molecular complexity index is 852. The highest BCUT2D eigenvalue weighted by Gasteiger charge is 2.52. The van der Waals surface area contributed by atoms with Crippen molar-refractivity contribution in [2.45, 2.75) is 106 Å². The minimum atomic E-state index is -1.87. The Morgan fingerprint density at radius 3 is 1.73 bits per heavy atom. The van der Waals surface area contributed by atoms with Crippen LogP contribution in [-0.4, -0.2) is 170 Å². The van der Waals surface area contributed by atoms with Gasteiger partial charge in [-0.2, -0.15) is 0 Å². The standard InChI is InChI=1S/C22H38N2O16/c1-6(27)23-11-16(32)13(29)8(3-25)38-21(11)36-5-10-15(31)19(12(20(35)37-10)24-7(2)28)40-22-18(34)17(33)14(30)9(4-26)39-22/h8-22,25-26,29-35H,3-5H2,1-2H3,(H,23,27)(H,24,28)/t8-,9+,10+,11-,12-,13+,14+,15-,16-,17-,18+,19-,20+,21+,22-/m1/s1. The number of carbonyl (C=O) groups excluding carboxylic acids is 2. The fraction of sp³-hybridized carbons (Fsp3) is 0.909. The van der Waals surface area contributed by atoms with Crippen molar-refractivity contribution in [2.24, 2.45) is 0 Å². The predicted octanol–water partition coefficient (Wildman–Crippen LogP) is -7.29. The van der Waals surface area contributed by atoms with Gasteiger partial charge in [-0.3, -0.25) is 9.59 Å². The summed E-state index contributed by atoms with van der Waals surface area (Å²) in [6.45, 7) is 0.184. The first-order valence-corrected chi connectivity index (χ1v) is 12.6. The van der Waals surface area contributed by atoms with Crippen molar-refractivity contribution in [3.8, 4) is 0 Å². The molecule has 11 N–H and O–H groups in total. The fourth-order valence-electron chi connectivity index (χ4n) is 4.76. The molecular weight excluding hydrogens is 548 g/mol. The molecule has 0 aromatic carbocycles. The van der Waals surface area contributed by atoms with Crippen molar-refractivity contribution < 1.29 is 79.2 Å². The van der Waals surface area contributed by atoms with E-state index in [9.17, 15) is 55.5 Å². The maximum absolute atomic E-state index is 11.8. The summed E-state index contributed by atoms with van der Waals surface area (Å²) in [6.07, 6.45) is -21.0. The Labute approximate surface area is 228 Å². The first kappa shape index (κ1) is 32.9. The molecule has 0 aromatic rings. The van der Waals surface area contributed by atoms with E-state index in [1.54, 1.807) is 0 Å². The van der Waals surface area contributed by atoms with Gasteiger partial charge in [-0.25, -0.2) is 0 Å². The van der Waals surface area contributed by atoms with Gasteiger partial charge >= 0.3 is 0 Å². The molecular formula is C22H38N2O16. The number of hydrogen-bond donors (Lipinski definition) is 11.